The molecule has 0 aromatic rings. The summed E-state index contributed by atoms with van der Waals surface area (Å²) in [5, 5.41) is 3.59. The Morgan fingerprint density at radius 2 is 1.83 bits per heavy atom. The first-order valence-electron chi connectivity index (χ1n) is 8.19. The third-order valence-electron chi connectivity index (χ3n) is 4.88. The molecule has 106 valence electrons. The van der Waals surface area contributed by atoms with Crippen LogP contribution in [0.5, 0.6) is 0 Å². The Hall–Kier alpha value is -0.0800. The zero-order valence-corrected chi connectivity index (χ0v) is 12.5. The predicted molar refractivity (Wildman–Crippen MR) is 78.8 cm³/mol. The summed E-state index contributed by atoms with van der Waals surface area (Å²) in [5.74, 6) is 2.93. The van der Waals surface area contributed by atoms with Gasteiger partial charge in [-0.1, -0.05) is 33.1 Å². The van der Waals surface area contributed by atoms with Gasteiger partial charge < -0.3 is 10.2 Å². The van der Waals surface area contributed by atoms with Gasteiger partial charge in [0.2, 0.25) is 0 Å². The fraction of sp³-hybridized carbons (Fsp3) is 1.00. The van der Waals surface area contributed by atoms with E-state index in [0.29, 0.717) is 0 Å². The molecule has 1 aliphatic carbocycles. The average molecular weight is 252 g/mol. The van der Waals surface area contributed by atoms with Crippen molar-refractivity contribution in [3.63, 3.8) is 0 Å². The zero-order valence-electron chi connectivity index (χ0n) is 12.5. The Kier molecular flexibility index (Phi) is 5.97. The molecule has 1 aliphatic heterocycles. The molecule has 2 atom stereocenters. The summed E-state index contributed by atoms with van der Waals surface area (Å²) < 4.78 is 0. The molecule has 18 heavy (non-hydrogen) atoms. The van der Waals surface area contributed by atoms with Crippen LogP contribution in [0.1, 0.15) is 52.4 Å². The lowest BCUT2D eigenvalue weighted by molar-refractivity contribution is 0.0875. The molecule has 2 rings (SSSR count). The number of nitrogens with one attached hydrogen (secondary N) is 1. The Morgan fingerprint density at radius 1 is 1.06 bits per heavy atom. The van der Waals surface area contributed by atoms with Gasteiger partial charge in [-0.2, -0.15) is 0 Å². The number of hydrogen-bond acceptors (Lipinski definition) is 2. The number of rotatable bonds is 6. The number of likely N-dealkylation sites (tertiary alicyclic amines) is 1. The van der Waals surface area contributed by atoms with E-state index in [0.717, 1.165) is 17.8 Å². The largest absolute Gasteiger partial charge is 0.315 e. The van der Waals surface area contributed by atoms with Crippen LogP contribution in [0.15, 0.2) is 0 Å². The molecule has 1 N–H and O–H groups in total. The van der Waals surface area contributed by atoms with Gasteiger partial charge in [-0.05, 0) is 50.1 Å². The summed E-state index contributed by atoms with van der Waals surface area (Å²) >= 11 is 0. The van der Waals surface area contributed by atoms with Crippen LogP contribution >= 0.6 is 0 Å². The lowest BCUT2D eigenvalue weighted by atomic mass is 9.75. The average Bonchev–Trinajstić information content (AvgIpc) is 2.38. The van der Waals surface area contributed by atoms with Crippen molar-refractivity contribution < 1.29 is 0 Å². The summed E-state index contributed by atoms with van der Waals surface area (Å²) in [4.78, 5) is 2.70. The minimum atomic E-state index is 0.829. The summed E-state index contributed by atoms with van der Waals surface area (Å²) in [5.41, 5.74) is 0. The van der Waals surface area contributed by atoms with E-state index in [4.69, 9.17) is 0 Å². The Balaban J connectivity index is 1.57. The van der Waals surface area contributed by atoms with E-state index in [9.17, 15) is 0 Å². The van der Waals surface area contributed by atoms with E-state index < -0.39 is 0 Å². The molecule has 2 fully saturated rings. The van der Waals surface area contributed by atoms with Crippen LogP contribution in [-0.2, 0) is 0 Å². The van der Waals surface area contributed by atoms with Gasteiger partial charge >= 0.3 is 0 Å². The van der Waals surface area contributed by atoms with Crippen LogP contribution in [0.4, 0.5) is 0 Å². The van der Waals surface area contributed by atoms with E-state index >= 15 is 0 Å². The number of nitrogens with zero attached hydrogens (tertiary/aromatic N) is 1. The number of fused-ring (bicyclic) bond motifs is 1. The van der Waals surface area contributed by atoms with Gasteiger partial charge in [0.1, 0.15) is 0 Å². The highest BCUT2D eigenvalue weighted by Crippen LogP contribution is 2.35. The molecular formula is C16H32N2. The summed E-state index contributed by atoms with van der Waals surface area (Å²) in [6.07, 6.45) is 8.79. The van der Waals surface area contributed by atoms with Crippen LogP contribution in [0, 0.1) is 17.8 Å². The minimum absolute atomic E-state index is 0.829. The van der Waals surface area contributed by atoms with Crippen LogP contribution in [0.25, 0.3) is 0 Å². The molecule has 2 unspecified atom stereocenters. The summed E-state index contributed by atoms with van der Waals surface area (Å²) in [6.45, 7) is 11.0. The Labute approximate surface area is 114 Å². The van der Waals surface area contributed by atoms with Crippen molar-refractivity contribution >= 4 is 0 Å². The van der Waals surface area contributed by atoms with Gasteiger partial charge in [-0.15, -0.1) is 0 Å². The first-order chi connectivity index (χ1) is 8.75. The molecule has 0 spiro atoms. The van der Waals surface area contributed by atoms with Crippen molar-refractivity contribution in [3.05, 3.63) is 0 Å². The van der Waals surface area contributed by atoms with E-state index in [2.05, 4.69) is 24.1 Å². The third kappa shape index (κ3) is 4.55. The topological polar surface area (TPSA) is 15.3 Å². The van der Waals surface area contributed by atoms with Crippen molar-refractivity contribution in [2.45, 2.75) is 52.4 Å². The van der Waals surface area contributed by atoms with E-state index in [-0.39, 0.29) is 0 Å². The second kappa shape index (κ2) is 7.49. The van der Waals surface area contributed by atoms with Gasteiger partial charge in [0.15, 0.2) is 0 Å². The first kappa shape index (κ1) is 14.3. The van der Waals surface area contributed by atoms with Crippen molar-refractivity contribution in [2.75, 3.05) is 32.7 Å². The normalized spacial score (nSPS) is 29.5. The maximum absolute atomic E-state index is 3.59. The SMILES string of the molecule is CC(C)CCNCCN1CCC2CCCCC2C1. The highest BCUT2D eigenvalue weighted by molar-refractivity contribution is 4.83. The maximum atomic E-state index is 3.59. The minimum Gasteiger partial charge on any atom is -0.315 e. The molecule has 2 nitrogen and oxygen atoms in total. The van der Waals surface area contributed by atoms with Gasteiger partial charge in [0, 0.05) is 19.6 Å². The summed E-state index contributed by atoms with van der Waals surface area (Å²) in [6, 6.07) is 0. The molecule has 2 heteroatoms. The number of hydrogen-bond donors (Lipinski definition) is 1. The number of piperidine rings is 1. The van der Waals surface area contributed by atoms with Gasteiger partial charge in [0.25, 0.3) is 0 Å². The first-order valence-corrected chi connectivity index (χ1v) is 8.19. The fourth-order valence-corrected chi connectivity index (χ4v) is 3.63. The van der Waals surface area contributed by atoms with Crippen LogP contribution in [0.3, 0.4) is 0 Å². The van der Waals surface area contributed by atoms with Crippen molar-refractivity contribution in [3.8, 4) is 0 Å². The molecule has 1 heterocycles. The molecule has 0 amide bonds. The van der Waals surface area contributed by atoms with Crippen molar-refractivity contribution in [2.24, 2.45) is 17.8 Å². The van der Waals surface area contributed by atoms with Crippen LogP contribution < -0.4 is 5.32 Å². The van der Waals surface area contributed by atoms with E-state index in [1.807, 2.05) is 0 Å². The van der Waals surface area contributed by atoms with Gasteiger partial charge in [0.05, 0.1) is 0 Å². The van der Waals surface area contributed by atoms with Crippen molar-refractivity contribution in [1.29, 1.82) is 0 Å². The lowest BCUT2D eigenvalue weighted by Crippen LogP contribution is -2.44. The van der Waals surface area contributed by atoms with E-state index in [1.165, 1.54) is 71.2 Å². The molecule has 2 aliphatic rings. The van der Waals surface area contributed by atoms with Crippen LogP contribution in [0.2, 0.25) is 0 Å². The molecule has 1 saturated carbocycles. The smallest absolute Gasteiger partial charge is 0.0107 e. The Bertz CT molecular complexity index is 227. The molecular weight excluding hydrogens is 220 g/mol. The van der Waals surface area contributed by atoms with Gasteiger partial charge in [-0.3, -0.25) is 0 Å². The molecule has 0 bridgehead atoms. The molecule has 0 aromatic carbocycles. The van der Waals surface area contributed by atoms with E-state index in [1.54, 1.807) is 0 Å². The third-order valence-corrected chi connectivity index (χ3v) is 4.88. The van der Waals surface area contributed by atoms with Crippen molar-refractivity contribution in [1.82, 2.24) is 10.2 Å². The second-order valence-corrected chi connectivity index (χ2v) is 6.83. The van der Waals surface area contributed by atoms with Crippen LogP contribution in [-0.4, -0.2) is 37.6 Å². The highest BCUT2D eigenvalue weighted by atomic mass is 15.1. The highest BCUT2D eigenvalue weighted by Gasteiger charge is 2.30. The quantitative estimate of drug-likeness (QED) is 0.731. The second-order valence-electron chi connectivity index (χ2n) is 6.83. The standard InChI is InChI=1S/C16H32N2/c1-14(2)7-9-17-10-12-18-11-8-15-5-3-4-6-16(15)13-18/h14-17H,3-13H2,1-2H3. The zero-order chi connectivity index (χ0) is 12.8. The maximum Gasteiger partial charge on any atom is 0.0107 e. The Morgan fingerprint density at radius 3 is 2.61 bits per heavy atom. The summed E-state index contributed by atoms with van der Waals surface area (Å²) in [7, 11) is 0. The molecule has 1 saturated heterocycles. The van der Waals surface area contributed by atoms with Gasteiger partial charge in [-0.25, -0.2) is 0 Å². The fourth-order valence-electron chi connectivity index (χ4n) is 3.63. The predicted octanol–water partition coefficient (Wildman–Crippen LogP) is 3.13. The molecule has 0 aromatic heterocycles. The lowest BCUT2D eigenvalue weighted by Gasteiger charge is -2.41. The molecule has 0 radical (unpaired) electrons. The monoisotopic (exact) mass is 252 g/mol.